The highest BCUT2D eigenvalue weighted by atomic mass is 79.9. The van der Waals surface area contributed by atoms with Crippen molar-refractivity contribution in [3.05, 3.63) is 33.3 Å². The average molecular weight is 259 g/mol. The van der Waals surface area contributed by atoms with Crippen molar-refractivity contribution in [2.75, 3.05) is 0 Å². The predicted octanol–water partition coefficient (Wildman–Crippen LogP) is 3.90. The van der Waals surface area contributed by atoms with Crippen molar-refractivity contribution in [1.29, 1.82) is 5.26 Å². The Morgan fingerprint density at radius 1 is 1.46 bits per heavy atom. The van der Waals surface area contributed by atoms with Crippen LogP contribution in [0.1, 0.15) is 19.4 Å². The van der Waals surface area contributed by atoms with E-state index < -0.39 is 5.41 Å². The van der Waals surface area contributed by atoms with Gasteiger partial charge in [0.2, 0.25) is 0 Å². The molecule has 0 atom stereocenters. The molecule has 0 N–H and O–H groups in total. The van der Waals surface area contributed by atoms with E-state index in [1.165, 1.54) is 0 Å². The molecule has 0 aromatic heterocycles. The van der Waals surface area contributed by atoms with Crippen LogP contribution in [0, 0.1) is 11.3 Å². The van der Waals surface area contributed by atoms with Crippen molar-refractivity contribution in [3.63, 3.8) is 0 Å². The molecule has 0 aliphatic carbocycles. The van der Waals surface area contributed by atoms with Gasteiger partial charge in [-0.1, -0.05) is 33.6 Å². The van der Waals surface area contributed by atoms with Crippen LogP contribution in [0.5, 0.6) is 0 Å². The second kappa shape index (κ2) is 3.69. The van der Waals surface area contributed by atoms with Gasteiger partial charge in [-0.3, -0.25) is 0 Å². The van der Waals surface area contributed by atoms with Crippen LogP contribution in [0.25, 0.3) is 0 Å². The van der Waals surface area contributed by atoms with E-state index in [0.29, 0.717) is 5.02 Å². The van der Waals surface area contributed by atoms with E-state index in [0.717, 1.165) is 10.0 Å². The molecule has 1 aromatic carbocycles. The first-order chi connectivity index (χ1) is 5.99. The molecule has 0 radical (unpaired) electrons. The first kappa shape index (κ1) is 10.6. The first-order valence-corrected chi connectivity index (χ1v) is 5.02. The molecule has 1 nitrogen and oxygen atoms in total. The Labute approximate surface area is 91.5 Å². The summed E-state index contributed by atoms with van der Waals surface area (Å²) in [6.45, 7) is 3.69. The van der Waals surface area contributed by atoms with E-state index in [1.807, 2.05) is 26.0 Å². The van der Waals surface area contributed by atoms with E-state index in [1.54, 1.807) is 6.07 Å². The van der Waals surface area contributed by atoms with E-state index >= 15 is 0 Å². The van der Waals surface area contributed by atoms with Crippen molar-refractivity contribution in [2.24, 2.45) is 0 Å². The van der Waals surface area contributed by atoms with Gasteiger partial charge < -0.3 is 0 Å². The van der Waals surface area contributed by atoms with Gasteiger partial charge in [0.1, 0.15) is 0 Å². The summed E-state index contributed by atoms with van der Waals surface area (Å²) in [5, 5.41) is 9.59. The summed E-state index contributed by atoms with van der Waals surface area (Å²) in [5.41, 5.74) is 0.288. The summed E-state index contributed by atoms with van der Waals surface area (Å²) in [5.74, 6) is 0. The van der Waals surface area contributed by atoms with Gasteiger partial charge in [-0.25, -0.2) is 0 Å². The van der Waals surface area contributed by atoms with Gasteiger partial charge in [0, 0.05) is 15.1 Å². The molecule has 13 heavy (non-hydrogen) atoms. The highest BCUT2D eigenvalue weighted by Crippen LogP contribution is 2.35. The quantitative estimate of drug-likeness (QED) is 0.749. The lowest BCUT2D eigenvalue weighted by atomic mass is 9.86. The number of nitrogens with zero attached hydrogens (tertiary/aromatic N) is 1. The molecular formula is C10H9BrClN. The summed E-state index contributed by atoms with van der Waals surface area (Å²) in [6.07, 6.45) is 0. The highest BCUT2D eigenvalue weighted by molar-refractivity contribution is 9.10. The standard InChI is InChI=1S/C10H9BrClN/c1-10(2,6-13)9-7(11)4-3-5-8(9)12/h3-5H,1-2H3. The van der Waals surface area contributed by atoms with Gasteiger partial charge in [-0.2, -0.15) is 5.26 Å². The van der Waals surface area contributed by atoms with Gasteiger partial charge in [-0.05, 0) is 26.0 Å². The fraction of sp³-hybridized carbons (Fsp3) is 0.300. The topological polar surface area (TPSA) is 23.8 Å². The van der Waals surface area contributed by atoms with E-state index in [4.69, 9.17) is 16.9 Å². The molecule has 0 fully saturated rings. The van der Waals surface area contributed by atoms with Gasteiger partial charge in [0.25, 0.3) is 0 Å². The maximum atomic E-state index is 8.97. The van der Waals surface area contributed by atoms with Crippen molar-refractivity contribution in [3.8, 4) is 6.07 Å². The third-order valence-corrected chi connectivity index (χ3v) is 2.84. The SMILES string of the molecule is CC(C)(C#N)c1c(Cl)cccc1Br. The lowest BCUT2D eigenvalue weighted by Gasteiger charge is -2.18. The Morgan fingerprint density at radius 3 is 2.54 bits per heavy atom. The Balaban J connectivity index is 3.38. The Hall–Kier alpha value is -0.520. The van der Waals surface area contributed by atoms with Crippen molar-refractivity contribution >= 4 is 27.5 Å². The second-order valence-corrected chi connectivity index (χ2v) is 4.59. The molecule has 1 rings (SSSR count). The molecular weight excluding hydrogens is 249 g/mol. The van der Waals surface area contributed by atoms with Gasteiger partial charge >= 0.3 is 0 Å². The lowest BCUT2D eigenvalue weighted by Crippen LogP contribution is -2.15. The summed E-state index contributed by atoms with van der Waals surface area (Å²) in [7, 11) is 0. The second-order valence-electron chi connectivity index (χ2n) is 3.33. The lowest BCUT2D eigenvalue weighted by molar-refractivity contribution is 0.683. The number of benzene rings is 1. The third kappa shape index (κ3) is 2.04. The zero-order valence-corrected chi connectivity index (χ0v) is 9.78. The molecule has 1 aromatic rings. The third-order valence-electron chi connectivity index (χ3n) is 1.87. The minimum atomic E-state index is -0.558. The van der Waals surface area contributed by atoms with Crippen molar-refractivity contribution in [1.82, 2.24) is 0 Å². The van der Waals surface area contributed by atoms with Crippen molar-refractivity contribution < 1.29 is 0 Å². The number of hydrogen-bond acceptors (Lipinski definition) is 1. The molecule has 0 aliphatic heterocycles. The maximum Gasteiger partial charge on any atom is 0.0791 e. The van der Waals surface area contributed by atoms with Gasteiger partial charge in [0.15, 0.2) is 0 Å². The normalized spacial score (nSPS) is 11.0. The zero-order valence-electron chi connectivity index (χ0n) is 7.44. The van der Waals surface area contributed by atoms with Gasteiger partial charge in [0.05, 0.1) is 11.5 Å². The number of hydrogen-bond donors (Lipinski definition) is 0. The van der Waals surface area contributed by atoms with Gasteiger partial charge in [-0.15, -0.1) is 0 Å². The molecule has 68 valence electrons. The summed E-state index contributed by atoms with van der Waals surface area (Å²) >= 11 is 9.40. The minimum Gasteiger partial charge on any atom is -0.197 e. The molecule has 0 heterocycles. The fourth-order valence-corrected chi connectivity index (χ4v) is 2.54. The summed E-state index contributed by atoms with van der Waals surface area (Å²) in [4.78, 5) is 0. The molecule has 0 spiro atoms. The van der Waals surface area contributed by atoms with Crippen LogP contribution in [0.15, 0.2) is 22.7 Å². The summed E-state index contributed by atoms with van der Waals surface area (Å²) < 4.78 is 0.881. The average Bonchev–Trinajstić information content (AvgIpc) is 2.03. The fourth-order valence-electron chi connectivity index (χ4n) is 1.15. The predicted molar refractivity (Wildman–Crippen MR) is 57.8 cm³/mol. The monoisotopic (exact) mass is 257 g/mol. The van der Waals surface area contributed by atoms with Crippen LogP contribution in [0.3, 0.4) is 0 Å². The molecule has 0 bridgehead atoms. The Kier molecular flexibility index (Phi) is 3.00. The van der Waals surface area contributed by atoms with Crippen LogP contribution < -0.4 is 0 Å². The number of nitriles is 1. The molecule has 0 saturated carbocycles. The number of halogens is 2. The zero-order chi connectivity index (χ0) is 10.1. The molecule has 0 aliphatic rings. The van der Waals surface area contributed by atoms with Crippen LogP contribution in [-0.2, 0) is 5.41 Å². The maximum absolute atomic E-state index is 8.97. The number of rotatable bonds is 1. The smallest absolute Gasteiger partial charge is 0.0791 e. The summed E-state index contributed by atoms with van der Waals surface area (Å²) in [6, 6.07) is 7.76. The molecule has 0 unspecified atom stereocenters. The largest absolute Gasteiger partial charge is 0.197 e. The minimum absolute atomic E-state index is 0.558. The molecule has 0 amide bonds. The van der Waals surface area contributed by atoms with Crippen LogP contribution in [0.2, 0.25) is 5.02 Å². The Bertz CT molecular complexity index is 345. The Morgan fingerprint density at radius 2 is 2.08 bits per heavy atom. The van der Waals surface area contributed by atoms with E-state index in [9.17, 15) is 0 Å². The molecule has 3 heteroatoms. The van der Waals surface area contributed by atoms with E-state index in [-0.39, 0.29) is 0 Å². The van der Waals surface area contributed by atoms with E-state index in [2.05, 4.69) is 22.0 Å². The highest BCUT2D eigenvalue weighted by Gasteiger charge is 2.24. The van der Waals surface area contributed by atoms with Crippen LogP contribution >= 0.6 is 27.5 Å². The van der Waals surface area contributed by atoms with Crippen LogP contribution in [0.4, 0.5) is 0 Å². The van der Waals surface area contributed by atoms with Crippen LogP contribution in [-0.4, -0.2) is 0 Å². The molecule has 0 saturated heterocycles. The van der Waals surface area contributed by atoms with Crippen molar-refractivity contribution in [2.45, 2.75) is 19.3 Å². The first-order valence-electron chi connectivity index (χ1n) is 3.85.